The van der Waals surface area contributed by atoms with Gasteiger partial charge in [0.1, 0.15) is 0 Å². The summed E-state index contributed by atoms with van der Waals surface area (Å²) in [5, 5.41) is 7.60. The number of fused-ring (bicyclic) bond motifs is 10. The molecule has 0 bridgehead atoms. The van der Waals surface area contributed by atoms with E-state index in [1.54, 1.807) is 0 Å². The first-order valence-corrected chi connectivity index (χ1v) is 21.3. The molecule has 0 atom stereocenters. The molecule has 0 saturated heterocycles. The van der Waals surface area contributed by atoms with Gasteiger partial charge in [-0.2, -0.15) is 0 Å². The minimum absolute atomic E-state index is 0.0465. The molecule has 1 aliphatic carbocycles. The molecule has 12 rings (SSSR count). The van der Waals surface area contributed by atoms with Gasteiger partial charge in [0.25, 0.3) is 0 Å². The van der Waals surface area contributed by atoms with Crippen LogP contribution in [-0.2, 0) is 10.8 Å². The lowest BCUT2D eigenvalue weighted by Crippen LogP contribution is -2.42. The maximum absolute atomic E-state index is 3.80. The lowest BCUT2D eigenvalue weighted by atomic mass is 9.59. The van der Waals surface area contributed by atoms with Crippen LogP contribution in [0, 0.1) is 5.41 Å². The van der Waals surface area contributed by atoms with Crippen molar-refractivity contribution in [1.82, 2.24) is 14.1 Å². The van der Waals surface area contributed by atoms with Crippen LogP contribution in [-0.4, -0.2) is 14.1 Å². The summed E-state index contributed by atoms with van der Waals surface area (Å²) in [6.45, 7) is 14.6. The summed E-state index contributed by atoms with van der Waals surface area (Å²) in [7, 11) is 0. The van der Waals surface area contributed by atoms with Gasteiger partial charge in [0.15, 0.2) is 0 Å². The van der Waals surface area contributed by atoms with E-state index in [2.05, 4.69) is 226 Å². The Hall–Kier alpha value is -6.84. The third kappa shape index (κ3) is 4.66. The molecule has 3 nitrogen and oxygen atoms in total. The van der Waals surface area contributed by atoms with Crippen LogP contribution >= 0.6 is 0 Å². The van der Waals surface area contributed by atoms with Crippen LogP contribution in [0.2, 0.25) is 0 Å². The molecule has 0 fully saturated rings. The van der Waals surface area contributed by atoms with Gasteiger partial charge in [-0.15, -0.1) is 0 Å². The number of benzene rings is 8. The molecular formula is C57H47N3. The molecule has 0 spiro atoms. The van der Waals surface area contributed by atoms with Crippen LogP contribution in [0.1, 0.15) is 52.7 Å². The lowest BCUT2D eigenvalue weighted by molar-refractivity contribution is 0.125. The normalized spacial score (nSPS) is 15.6. The smallest absolute Gasteiger partial charge is 0.0541 e. The molecule has 3 heteroatoms. The second-order valence-corrected chi connectivity index (χ2v) is 18.8. The van der Waals surface area contributed by atoms with Crippen LogP contribution in [0.15, 0.2) is 170 Å². The maximum atomic E-state index is 3.80. The predicted molar refractivity (Wildman–Crippen MR) is 255 cm³/mol. The van der Waals surface area contributed by atoms with Gasteiger partial charge in [0, 0.05) is 54.7 Å². The molecule has 3 aromatic heterocycles. The predicted octanol–water partition coefficient (Wildman–Crippen LogP) is 15.4. The Kier molecular flexibility index (Phi) is 7.09. The van der Waals surface area contributed by atoms with Gasteiger partial charge in [-0.1, -0.05) is 120 Å². The number of nitrogens with zero attached hydrogens (tertiary/aromatic N) is 2. The van der Waals surface area contributed by atoms with Gasteiger partial charge in [0.05, 0.1) is 22.1 Å². The molecule has 0 radical (unpaired) electrons. The fourth-order valence-electron chi connectivity index (χ4n) is 10.9. The Morgan fingerprint density at radius 1 is 0.333 bits per heavy atom. The first-order chi connectivity index (χ1) is 29.0. The zero-order chi connectivity index (χ0) is 40.7. The Morgan fingerprint density at radius 3 is 1.27 bits per heavy atom. The van der Waals surface area contributed by atoms with Crippen LogP contribution < -0.4 is 0 Å². The minimum atomic E-state index is 0.0465. The van der Waals surface area contributed by atoms with Gasteiger partial charge in [0.2, 0.25) is 0 Å². The van der Waals surface area contributed by atoms with Crippen molar-refractivity contribution >= 4 is 65.4 Å². The highest BCUT2D eigenvalue weighted by atomic mass is 15.0. The van der Waals surface area contributed by atoms with Crippen LogP contribution in [0.5, 0.6) is 0 Å². The van der Waals surface area contributed by atoms with Gasteiger partial charge in [-0.25, -0.2) is 0 Å². The largest absolute Gasteiger partial charge is 0.355 e. The van der Waals surface area contributed by atoms with E-state index in [1.807, 2.05) is 0 Å². The molecule has 3 heterocycles. The van der Waals surface area contributed by atoms with Crippen molar-refractivity contribution in [3.63, 3.8) is 0 Å². The van der Waals surface area contributed by atoms with Crippen LogP contribution in [0.25, 0.3) is 99.0 Å². The quantitative estimate of drug-likeness (QED) is 0.184. The Labute approximate surface area is 350 Å². The van der Waals surface area contributed by atoms with Crippen molar-refractivity contribution in [2.75, 3.05) is 0 Å². The van der Waals surface area contributed by atoms with Crippen molar-refractivity contribution in [3.8, 4) is 33.6 Å². The molecule has 60 heavy (non-hydrogen) atoms. The van der Waals surface area contributed by atoms with Gasteiger partial charge in [-0.05, 0) is 141 Å². The zero-order valence-corrected chi connectivity index (χ0v) is 35.1. The van der Waals surface area contributed by atoms with E-state index >= 15 is 0 Å². The highest BCUT2D eigenvalue weighted by Gasteiger charge is 2.56. The highest BCUT2D eigenvalue weighted by Crippen LogP contribution is 2.62. The lowest BCUT2D eigenvalue weighted by Gasteiger charge is -2.44. The van der Waals surface area contributed by atoms with E-state index in [4.69, 9.17) is 0 Å². The number of nitrogens with one attached hydrogen (secondary N) is 1. The number of hydrogen-bond acceptors (Lipinski definition) is 0. The topological polar surface area (TPSA) is 25.6 Å². The number of aromatic nitrogens is 3. The number of rotatable bonds is 4. The van der Waals surface area contributed by atoms with Gasteiger partial charge in [-0.3, -0.25) is 0 Å². The Bertz CT molecular complexity index is 3550. The summed E-state index contributed by atoms with van der Waals surface area (Å²) in [5.74, 6) is 0. The summed E-state index contributed by atoms with van der Waals surface area (Å²) in [6.07, 6.45) is 0. The van der Waals surface area contributed by atoms with E-state index in [1.165, 1.54) is 104 Å². The average Bonchev–Trinajstić information content (AvgIpc) is 3.94. The highest BCUT2D eigenvalue weighted by molar-refractivity contribution is 6.14. The fourth-order valence-corrected chi connectivity index (χ4v) is 10.9. The monoisotopic (exact) mass is 773 g/mol. The van der Waals surface area contributed by atoms with E-state index in [-0.39, 0.29) is 16.2 Å². The molecule has 0 amide bonds. The summed E-state index contributed by atoms with van der Waals surface area (Å²) >= 11 is 0. The summed E-state index contributed by atoms with van der Waals surface area (Å²) in [6, 6.07) is 63.2. The number of aromatic amines is 1. The summed E-state index contributed by atoms with van der Waals surface area (Å²) < 4.78 is 4.80. The summed E-state index contributed by atoms with van der Waals surface area (Å²) in [4.78, 5) is 3.80. The maximum Gasteiger partial charge on any atom is 0.0541 e. The molecule has 0 unspecified atom stereocenters. The first-order valence-electron chi connectivity index (χ1n) is 21.3. The van der Waals surface area contributed by atoms with Crippen molar-refractivity contribution in [3.05, 3.63) is 181 Å². The molecule has 8 aromatic carbocycles. The van der Waals surface area contributed by atoms with Gasteiger partial charge < -0.3 is 14.1 Å². The Morgan fingerprint density at radius 2 is 0.733 bits per heavy atom. The summed E-state index contributed by atoms with van der Waals surface area (Å²) in [5.41, 5.74) is 17.6. The number of para-hydroxylation sites is 3. The van der Waals surface area contributed by atoms with E-state index in [0.717, 1.165) is 5.69 Å². The fraction of sp³-hybridized carbons (Fsp3) is 0.158. The average molecular weight is 774 g/mol. The van der Waals surface area contributed by atoms with Crippen LogP contribution in [0.4, 0.5) is 0 Å². The molecule has 1 N–H and O–H groups in total. The third-order valence-corrected chi connectivity index (χ3v) is 15.3. The van der Waals surface area contributed by atoms with E-state index in [0.29, 0.717) is 0 Å². The minimum Gasteiger partial charge on any atom is -0.355 e. The van der Waals surface area contributed by atoms with Crippen molar-refractivity contribution in [1.29, 1.82) is 0 Å². The first kappa shape index (κ1) is 35.1. The third-order valence-electron chi connectivity index (χ3n) is 15.3. The molecule has 0 saturated carbocycles. The second-order valence-electron chi connectivity index (χ2n) is 18.8. The molecular weight excluding hydrogens is 727 g/mol. The molecule has 11 aromatic rings. The molecule has 0 aliphatic heterocycles. The van der Waals surface area contributed by atoms with Crippen LogP contribution in [0.3, 0.4) is 0 Å². The zero-order valence-electron chi connectivity index (χ0n) is 35.1. The SMILES string of the molecule is CC1(C)c2cc3[nH]c4ccc(-c5ccc6c(c5)c5cc(-c7ccc8c(c7)c7ccccc7n8-c7ccccc7)ccc5n6-c5ccccc5)cc4c3cc2C(C)(C)C1(C)C. The standard InChI is InChI=1S/C57H47N3/c1-55(2)47-33-43-42-29-35(21-25-49(42)58-50(43)34-48(47)56(3,4)57(55,5)6)37-23-27-53-45(31-37)46-32-38(24-28-54(46)60(53)40-17-11-8-12-18-40)36-22-26-52-44(30-36)41-19-13-14-20-51(41)59(52)39-15-9-7-10-16-39/h7-34,58H,1-6H3. The number of H-pyrrole nitrogens is 1. The van der Waals surface area contributed by atoms with Crippen molar-refractivity contribution in [2.24, 2.45) is 5.41 Å². The van der Waals surface area contributed by atoms with Crippen molar-refractivity contribution < 1.29 is 0 Å². The molecule has 1 aliphatic rings. The Balaban J connectivity index is 1.03. The molecule has 290 valence electrons. The van der Waals surface area contributed by atoms with Gasteiger partial charge >= 0.3 is 0 Å². The second kappa shape index (κ2) is 12.1. The number of hydrogen-bond donors (Lipinski definition) is 1. The van der Waals surface area contributed by atoms with E-state index < -0.39 is 0 Å². The van der Waals surface area contributed by atoms with E-state index in [9.17, 15) is 0 Å². The van der Waals surface area contributed by atoms with Crippen molar-refractivity contribution in [2.45, 2.75) is 52.4 Å².